The third-order valence-corrected chi connectivity index (χ3v) is 3.20. The van der Waals surface area contributed by atoms with E-state index in [4.69, 9.17) is 4.74 Å². The molecule has 2 heterocycles. The summed E-state index contributed by atoms with van der Waals surface area (Å²) in [7, 11) is 0. The van der Waals surface area contributed by atoms with Crippen molar-refractivity contribution in [2.45, 2.75) is 45.4 Å². The van der Waals surface area contributed by atoms with Crippen LogP contribution in [0.1, 0.15) is 38.4 Å². The number of hydrogen-bond acceptors (Lipinski definition) is 3. The van der Waals surface area contributed by atoms with Crippen LogP contribution in [-0.2, 0) is 11.3 Å². The Kier molecular flexibility index (Phi) is 3.61. The molecule has 0 saturated carbocycles. The fourth-order valence-electron chi connectivity index (χ4n) is 2.19. The molecule has 0 bridgehead atoms. The summed E-state index contributed by atoms with van der Waals surface area (Å²) in [5, 5.41) is 14.4. The van der Waals surface area contributed by atoms with Gasteiger partial charge in [-0.3, -0.25) is 4.68 Å². The number of nitrogens with zero attached hydrogens (tertiary/aromatic N) is 2. The van der Waals surface area contributed by atoms with Gasteiger partial charge < -0.3 is 9.84 Å². The molecule has 1 aromatic heterocycles. The first-order chi connectivity index (χ1) is 7.72. The SMILES string of the molecule is CCCn1cc(C(O)C2OCCC2C)cn1. The molecule has 0 spiro atoms. The summed E-state index contributed by atoms with van der Waals surface area (Å²) < 4.78 is 7.44. The molecule has 0 amide bonds. The summed E-state index contributed by atoms with van der Waals surface area (Å²) in [5.74, 6) is 0.421. The largest absolute Gasteiger partial charge is 0.386 e. The van der Waals surface area contributed by atoms with Crippen molar-refractivity contribution in [1.29, 1.82) is 0 Å². The monoisotopic (exact) mass is 224 g/mol. The predicted molar refractivity (Wildman–Crippen MR) is 61.0 cm³/mol. The summed E-state index contributed by atoms with van der Waals surface area (Å²) in [6.45, 7) is 5.89. The van der Waals surface area contributed by atoms with Gasteiger partial charge >= 0.3 is 0 Å². The van der Waals surface area contributed by atoms with Gasteiger partial charge in [0.25, 0.3) is 0 Å². The molecule has 3 atom stereocenters. The van der Waals surface area contributed by atoms with E-state index in [0.29, 0.717) is 5.92 Å². The predicted octanol–water partition coefficient (Wildman–Crippen LogP) is 1.75. The van der Waals surface area contributed by atoms with Gasteiger partial charge in [0.15, 0.2) is 0 Å². The zero-order valence-corrected chi connectivity index (χ0v) is 9.97. The molecular formula is C12H20N2O2. The molecule has 1 saturated heterocycles. The van der Waals surface area contributed by atoms with Crippen LogP contribution < -0.4 is 0 Å². The molecule has 0 aliphatic carbocycles. The van der Waals surface area contributed by atoms with Crippen LogP contribution in [0.5, 0.6) is 0 Å². The van der Waals surface area contributed by atoms with E-state index in [-0.39, 0.29) is 6.10 Å². The highest BCUT2D eigenvalue weighted by Gasteiger charge is 2.32. The first-order valence-electron chi connectivity index (χ1n) is 6.04. The Morgan fingerprint density at radius 1 is 1.69 bits per heavy atom. The summed E-state index contributed by atoms with van der Waals surface area (Å²) in [5.41, 5.74) is 0.868. The Balaban J connectivity index is 2.04. The highest BCUT2D eigenvalue weighted by atomic mass is 16.5. The molecule has 1 N–H and O–H groups in total. The molecular weight excluding hydrogens is 204 g/mol. The van der Waals surface area contributed by atoms with Crippen LogP contribution in [0.4, 0.5) is 0 Å². The molecule has 0 radical (unpaired) electrons. The van der Waals surface area contributed by atoms with Gasteiger partial charge in [-0.05, 0) is 18.8 Å². The standard InChI is InChI=1S/C12H20N2O2/c1-3-5-14-8-10(7-13-14)11(15)12-9(2)4-6-16-12/h7-9,11-12,15H,3-6H2,1-2H3. The molecule has 4 heteroatoms. The van der Waals surface area contributed by atoms with E-state index in [1.165, 1.54) is 0 Å². The van der Waals surface area contributed by atoms with Crippen molar-refractivity contribution in [1.82, 2.24) is 9.78 Å². The maximum atomic E-state index is 10.2. The number of rotatable bonds is 4. The van der Waals surface area contributed by atoms with Gasteiger partial charge in [-0.25, -0.2) is 0 Å². The smallest absolute Gasteiger partial charge is 0.108 e. The molecule has 0 aromatic carbocycles. The molecule has 1 aliphatic rings. The molecule has 1 fully saturated rings. The van der Waals surface area contributed by atoms with Gasteiger partial charge in [0.05, 0.1) is 12.3 Å². The number of aromatic nitrogens is 2. The summed E-state index contributed by atoms with van der Waals surface area (Å²) >= 11 is 0. The fraction of sp³-hybridized carbons (Fsp3) is 0.750. The second kappa shape index (κ2) is 4.97. The normalized spacial score (nSPS) is 27.2. The molecule has 2 rings (SSSR count). The van der Waals surface area contributed by atoms with Crippen LogP contribution in [0.2, 0.25) is 0 Å². The van der Waals surface area contributed by atoms with E-state index < -0.39 is 6.10 Å². The zero-order chi connectivity index (χ0) is 11.5. The molecule has 1 aromatic rings. The third-order valence-electron chi connectivity index (χ3n) is 3.20. The molecule has 4 nitrogen and oxygen atoms in total. The van der Waals surface area contributed by atoms with Gasteiger partial charge in [0.2, 0.25) is 0 Å². The first-order valence-corrected chi connectivity index (χ1v) is 6.04. The Labute approximate surface area is 96.2 Å². The zero-order valence-electron chi connectivity index (χ0n) is 9.97. The van der Waals surface area contributed by atoms with E-state index in [0.717, 1.165) is 31.6 Å². The van der Waals surface area contributed by atoms with E-state index in [1.54, 1.807) is 6.20 Å². The molecule has 16 heavy (non-hydrogen) atoms. The van der Waals surface area contributed by atoms with E-state index in [1.807, 2.05) is 10.9 Å². The first kappa shape index (κ1) is 11.6. The Morgan fingerprint density at radius 2 is 2.50 bits per heavy atom. The highest BCUT2D eigenvalue weighted by molar-refractivity contribution is 5.10. The van der Waals surface area contributed by atoms with Crippen LogP contribution in [0.3, 0.4) is 0 Å². The van der Waals surface area contributed by atoms with Crippen LogP contribution in [-0.4, -0.2) is 27.6 Å². The van der Waals surface area contributed by atoms with E-state index in [2.05, 4.69) is 18.9 Å². The average Bonchev–Trinajstić information content (AvgIpc) is 2.87. The quantitative estimate of drug-likeness (QED) is 0.847. The summed E-state index contributed by atoms with van der Waals surface area (Å²) in [6.07, 6.45) is 5.14. The lowest BCUT2D eigenvalue weighted by Crippen LogP contribution is -2.22. The molecule has 3 unspecified atom stereocenters. The fourth-order valence-corrected chi connectivity index (χ4v) is 2.19. The average molecular weight is 224 g/mol. The van der Waals surface area contributed by atoms with Crippen LogP contribution in [0.15, 0.2) is 12.4 Å². The lowest BCUT2D eigenvalue weighted by atomic mass is 9.96. The number of aliphatic hydroxyl groups is 1. The Bertz CT molecular complexity index is 338. The van der Waals surface area contributed by atoms with Crippen LogP contribution >= 0.6 is 0 Å². The van der Waals surface area contributed by atoms with Crippen molar-refractivity contribution < 1.29 is 9.84 Å². The summed E-state index contributed by atoms with van der Waals surface area (Å²) in [4.78, 5) is 0. The lowest BCUT2D eigenvalue weighted by Gasteiger charge is -2.20. The minimum atomic E-state index is -0.539. The van der Waals surface area contributed by atoms with E-state index in [9.17, 15) is 5.11 Å². The molecule has 90 valence electrons. The topological polar surface area (TPSA) is 47.3 Å². The second-order valence-electron chi connectivity index (χ2n) is 4.58. The van der Waals surface area contributed by atoms with Crippen molar-refractivity contribution in [2.24, 2.45) is 5.92 Å². The van der Waals surface area contributed by atoms with Crippen molar-refractivity contribution >= 4 is 0 Å². The second-order valence-corrected chi connectivity index (χ2v) is 4.58. The van der Waals surface area contributed by atoms with Crippen molar-refractivity contribution in [3.63, 3.8) is 0 Å². The maximum absolute atomic E-state index is 10.2. The number of aryl methyl sites for hydroxylation is 1. The van der Waals surface area contributed by atoms with Crippen LogP contribution in [0.25, 0.3) is 0 Å². The Morgan fingerprint density at radius 3 is 3.12 bits per heavy atom. The Hall–Kier alpha value is -0.870. The van der Waals surface area contributed by atoms with Gasteiger partial charge in [0, 0.05) is 24.9 Å². The summed E-state index contributed by atoms with van der Waals surface area (Å²) in [6, 6.07) is 0. The van der Waals surface area contributed by atoms with Crippen molar-refractivity contribution in [3.05, 3.63) is 18.0 Å². The number of aliphatic hydroxyl groups excluding tert-OH is 1. The van der Waals surface area contributed by atoms with E-state index >= 15 is 0 Å². The van der Waals surface area contributed by atoms with Gasteiger partial charge in [-0.15, -0.1) is 0 Å². The van der Waals surface area contributed by atoms with Crippen molar-refractivity contribution in [2.75, 3.05) is 6.61 Å². The van der Waals surface area contributed by atoms with Gasteiger partial charge in [-0.2, -0.15) is 5.10 Å². The van der Waals surface area contributed by atoms with Gasteiger partial charge in [-0.1, -0.05) is 13.8 Å². The number of ether oxygens (including phenoxy) is 1. The maximum Gasteiger partial charge on any atom is 0.108 e. The minimum absolute atomic E-state index is 0.0701. The number of hydrogen-bond donors (Lipinski definition) is 1. The third kappa shape index (κ3) is 2.28. The van der Waals surface area contributed by atoms with Crippen molar-refractivity contribution in [3.8, 4) is 0 Å². The molecule has 1 aliphatic heterocycles. The van der Waals surface area contributed by atoms with Crippen LogP contribution in [0, 0.1) is 5.92 Å². The highest BCUT2D eigenvalue weighted by Crippen LogP contribution is 2.30. The lowest BCUT2D eigenvalue weighted by molar-refractivity contribution is -0.0178. The minimum Gasteiger partial charge on any atom is -0.386 e. The van der Waals surface area contributed by atoms with Gasteiger partial charge in [0.1, 0.15) is 6.10 Å².